The van der Waals surface area contributed by atoms with Crippen LogP contribution in [0.15, 0.2) is 30.5 Å². The summed E-state index contributed by atoms with van der Waals surface area (Å²) in [5, 5.41) is 11.5. The summed E-state index contributed by atoms with van der Waals surface area (Å²) in [6.45, 7) is 3.17. The number of aryl methyl sites for hydroxylation is 1. The van der Waals surface area contributed by atoms with Crippen LogP contribution in [-0.2, 0) is 4.74 Å². The molecule has 9 heteroatoms. The second-order valence-electron chi connectivity index (χ2n) is 6.13. The van der Waals surface area contributed by atoms with Crippen LogP contribution in [0.2, 0.25) is 10.0 Å². The van der Waals surface area contributed by atoms with Crippen molar-refractivity contribution in [3.05, 3.63) is 57.2 Å². The van der Waals surface area contributed by atoms with E-state index in [4.69, 9.17) is 38.4 Å². The Morgan fingerprint density at radius 2 is 2.00 bits per heavy atom. The molecule has 1 aliphatic heterocycles. The van der Waals surface area contributed by atoms with Gasteiger partial charge in [0.1, 0.15) is 6.10 Å². The van der Waals surface area contributed by atoms with Crippen molar-refractivity contribution in [1.29, 1.82) is 0 Å². The number of aliphatic hydroxyl groups excluding tert-OH is 1. The van der Waals surface area contributed by atoms with Gasteiger partial charge in [-0.1, -0.05) is 29.3 Å². The monoisotopic (exact) mass is 454 g/mol. The van der Waals surface area contributed by atoms with E-state index in [1.54, 1.807) is 30.5 Å². The highest BCUT2D eigenvalue weighted by Gasteiger charge is 2.23. The van der Waals surface area contributed by atoms with Gasteiger partial charge in [-0.15, -0.1) is 24.8 Å². The number of ether oxygens (including phenoxy) is 2. The Hall–Kier alpha value is -0.790. The lowest BCUT2D eigenvalue weighted by Crippen LogP contribution is -2.21. The predicted molar refractivity (Wildman–Crippen MR) is 112 cm³/mol. The van der Waals surface area contributed by atoms with Crippen molar-refractivity contribution in [3.63, 3.8) is 0 Å². The first-order valence-corrected chi connectivity index (χ1v) is 8.81. The Morgan fingerprint density at radius 3 is 2.59 bits per heavy atom. The quantitative estimate of drug-likeness (QED) is 0.696. The second kappa shape index (κ2) is 10.7. The number of hydrogen-bond donors (Lipinski definition) is 2. The fraction of sp³-hybridized carbons (Fsp3) is 0.389. The molecule has 0 spiro atoms. The van der Waals surface area contributed by atoms with Crippen LogP contribution in [0.4, 0.5) is 0 Å². The first-order valence-electron chi connectivity index (χ1n) is 8.05. The molecule has 150 valence electrons. The number of benzene rings is 1. The van der Waals surface area contributed by atoms with Gasteiger partial charge in [0.25, 0.3) is 0 Å². The number of hydrogen-bond acceptors (Lipinski definition) is 5. The smallest absolute Gasteiger partial charge is 0.213 e. The van der Waals surface area contributed by atoms with Crippen LogP contribution in [0.25, 0.3) is 0 Å². The van der Waals surface area contributed by atoms with E-state index >= 15 is 0 Å². The standard InChI is InChI=1S/C18H20Cl2N2O3.2ClH/c1-10-6-16(25-12-4-5-24-9-12)22-8-13(10)18(23)17(21)11-2-3-14(19)15(20)7-11;;/h2-3,6-8,12,17-18,23H,4-5,9,21H2,1H3;2*1H/t12?,17-,18+;;/m0../s1. The van der Waals surface area contributed by atoms with E-state index in [2.05, 4.69) is 4.98 Å². The van der Waals surface area contributed by atoms with Gasteiger partial charge >= 0.3 is 0 Å². The lowest BCUT2D eigenvalue weighted by Gasteiger charge is -2.22. The number of rotatable bonds is 5. The summed E-state index contributed by atoms with van der Waals surface area (Å²) >= 11 is 12.0. The highest BCUT2D eigenvalue weighted by atomic mass is 35.5. The zero-order valence-corrected chi connectivity index (χ0v) is 17.7. The average Bonchev–Trinajstić information content (AvgIpc) is 3.09. The van der Waals surface area contributed by atoms with Crippen molar-refractivity contribution in [1.82, 2.24) is 4.98 Å². The molecule has 2 heterocycles. The molecule has 1 aromatic carbocycles. The van der Waals surface area contributed by atoms with Gasteiger partial charge in [-0.2, -0.15) is 0 Å². The SMILES string of the molecule is Cc1cc(OC2CCOC2)ncc1[C@@H](O)[C@@H](N)c1ccc(Cl)c(Cl)c1.Cl.Cl. The summed E-state index contributed by atoms with van der Waals surface area (Å²) in [6.07, 6.45) is 1.56. The molecule has 0 bridgehead atoms. The average molecular weight is 456 g/mol. The molecule has 27 heavy (non-hydrogen) atoms. The third-order valence-corrected chi connectivity index (χ3v) is 5.03. The summed E-state index contributed by atoms with van der Waals surface area (Å²) < 4.78 is 11.1. The van der Waals surface area contributed by atoms with Crippen molar-refractivity contribution in [2.75, 3.05) is 13.2 Å². The first-order chi connectivity index (χ1) is 12.0. The van der Waals surface area contributed by atoms with Crippen molar-refractivity contribution < 1.29 is 14.6 Å². The minimum Gasteiger partial charge on any atom is -0.472 e. The van der Waals surface area contributed by atoms with E-state index < -0.39 is 12.1 Å². The van der Waals surface area contributed by atoms with E-state index in [1.807, 2.05) is 6.92 Å². The molecular formula is C18H22Cl4N2O3. The van der Waals surface area contributed by atoms with E-state index in [0.29, 0.717) is 40.3 Å². The van der Waals surface area contributed by atoms with E-state index in [-0.39, 0.29) is 30.9 Å². The molecule has 1 fully saturated rings. The number of nitrogens with two attached hydrogens (primary N) is 1. The molecule has 1 aliphatic rings. The normalized spacial score (nSPS) is 18.2. The molecular weight excluding hydrogens is 434 g/mol. The zero-order valence-electron chi connectivity index (χ0n) is 14.6. The molecule has 0 aliphatic carbocycles. The van der Waals surface area contributed by atoms with Gasteiger partial charge in [0.05, 0.1) is 35.4 Å². The second-order valence-corrected chi connectivity index (χ2v) is 6.94. The van der Waals surface area contributed by atoms with Gasteiger partial charge < -0.3 is 20.3 Å². The molecule has 1 aromatic heterocycles. The lowest BCUT2D eigenvalue weighted by molar-refractivity contribution is 0.136. The third kappa shape index (κ3) is 5.84. The minimum absolute atomic E-state index is 0. The number of pyridine rings is 1. The number of aromatic nitrogens is 1. The van der Waals surface area contributed by atoms with Crippen LogP contribution in [0, 0.1) is 6.92 Å². The molecule has 1 saturated heterocycles. The third-order valence-electron chi connectivity index (χ3n) is 4.29. The van der Waals surface area contributed by atoms with Crippen LogP contribution in [0.3, 0.4) is 0 Å². The number of halogens is 4. The largest absolute Gasteiger partial charge is 0.472 e. The van der Waals surface area contributed by atoms with Crippen molar-refractivity contribution in [2.45, 2.75) is 31.6 Å². The maximum absolute atomic E-state index is 10.7. The number of aliphatic hydroxyl groups is 1. The molecule has 0 radical (unpaired) electrons. The van der Waals surface area contributed by atoms with Gasteiger partial charge in [0.15, 0.2) is 0 Å². The summed E-state index contributed by atoms with van der Waals surface area (Å²) in [7, 11) is 0. The van der Waals surface area contributed by atoms with Crippen LogP contribution < -0.4 is 10.5 Å². The Labute approximate surface area is 181 Å². The van der Waals surface area contributed by atoms with Gasteiger partial charge in [0, 0.05) is 24.2 Å². The van der Waals surface area contributed by atoms with Crippen molar-refractivity contribution >= 4 is 48.0 Å². The molecule has 3 atom stereocenters. The molecule has 5 nitrogen and oxygen atoms in total. The Balaban J connectivity index is 0.00000182. The maximum Gasteiger partial charge on any atom is 0.213 e. The fourth-order valence-corrected chi connectivity index (χ4v) is 3.09. The van der Waals surface area contributed by atoms with Crippen LogP contribution in [-0.4, -0.2) is 29.4 Å². The molecule has 0 amide bonds. The van der Waals surface area contributed by atoms with Gasteiger partial charge in [-0.3, -0.25) is 0 Å². The van der Waals surface area contributed by atoms with E-state index in [1.165, 1.54) is 0 Å². The summed E-state index contributed by atoms with van der Waals surface area (Å²) in [5.41, 5.74) is 8.40. The Kier molecular flexibility index (Phi) is 9.58. The Morgan fingerprint density at radius 1 is 1.26 bits per heavy atom. The maximum atomic E-state index is 10.7. The zero-order chi connectivity index (χ0) is 18.0. The van der Waals surface area contributed by atoms with Gasteiger partial charge in [-0.05, 0) is 30.2 Å². The van der Waals surface area contributed by atoms with Crippen molar-refractivity contribution in [3.8, 4) is 5.88 Å². The fourth-order valence-electron chi connectivity index (χ4n) is 2.79. The van der Waals surface area contributed by atoms with Crippen molar-refractivity contribution in [2.24, 2.45) is 5.73 Å². The predicted octanol–water partition coefficient (Wildman–Crippen LogP) is 4.44. The van der Waals surface area contributed by atoms with E-state index in [9.17, 15) is 5.11 Å². The Bertz CT molecular complexity index is 757. The molecule has 1 unspecified atom stereocenters. The first kappa shape index (κ1) is 24.2. The molecule has 3 rings (SSSR count). The number of nitrogens with zero attached hydrogens (tertiary/aromatic N) is 1. The van der Waals surface area contributed by atoms with Gasteiger partial charge in [0.2, 0.25) is 5.88 Å². The summed E-state index contributed by atoms with van der Waals surface area (Å²) in [4.78, 5) is 4.29. The summed E-state index contributed by atoms with van der Waals surface area (Å²) in [5.74, 6) is 0.520. The molecule has 2 aromatic rings. The topological polar surface area (TPSA) is 77.6 Å². The summed E-state index contributed by atoms with van der Waals surface area (Å²) in [6, 6.07) is 6.24. The van der Waals surface area contributed by atoms with E-state index in [0.717, 1.165) is 12.0 Å². The lowest BCUT2D eigenvalue weighted by atomic mass is 9.95. The molecule has 0 saturated carbocycles. The van der Waals surface area contributed by atoms with Crippen LogP contribution in [0.1, 0.15) is 35.3 Å². The van der Waals surface area contributed by atoms with Crippen LogP contribution >= 0.6 is 48.0 Å². The minimum atomic E-state index is -0.923. The van der Waals surface area contributed by atoms with Crippen LogP contribution in [0.5, 0.6) is 5.88 Å². The molecule has 3 N–H and O–H groups in total. The highest BCUT2D eigenvalue weighted by molar-refractivity contribution is 6.42. The van der Waals surface area contributed by atoms with Gasteiger partial charge in [-0.25, -0.2) is 4.98 Å². The highest BCUT2D eigenvalue weighted by Crippen LogP contribution is 2.32.